The van der Waals surface area contributed by atoms with E-state index in [4.69, 9.17) is 4.42 Å². The van der Waals surface area contributed by atoms with Crippen molar-refractivity contribution >= 4 is 26.8 Å². The highest BCUT2D eigenvalue weighted by Gasteiger charge is 2.17. The van der Waals surface area contributed by atoms with Gasteiger partial charge in [0.2, 0.25) is 10.0 Å². The monoisotopic (exact) mass is 347 g/mol. The molecule has 0 saturated carbocycles. The Kier molecular flexibility index (Phi) is 4.04. The molecule has 0 aliphatic carbocycles. The second-order valence-corrected chi connectivity index (χ2v) is 6.88. The number of nitro groups is 1. The number of nitro benzene ring substituents is 1. The van der Waals surface area contributed by atoms with Crippen molar-refractivity contribution in [2.24, 2.45) is 0 Å². The minimum Gasteiger partial charge on any atom is -0.441 e. The summed E-state index contributed by atoms with van der Waals surface area (Å²) in [6.07, 6.45) is 0. The summed E-state index contributed by atoms with van der Waals surface area (Å²) >= 11 is 0. The largest absolute Gasteiger partial charge is 0.441 e. The van der Waals surface area contributed by atoms with Gasteiger partial charge in [0, 0.05) is 25.6 Å². The molecular weight excluding hydrogens is 334 g/mol. The first-order chi connectivity index (χ1) is 11.3. The molecule has 24 heavy (non-hydrogen) atoms. The molecule has 124 valence electrons. The lowest BCUT2D eigenvalue weighted by molar-refractivity contribution is -0.385. The smallest absolute Gasteiger partial charge is 0.270 e. The van der Waals surface area contributed by atoms with Crippen LogP contribution in [0.25, 0.3) is 11.1 Å². The molecule has 1 heterocycles. The predicted molar refractivity (Wildman–Crippen MR) is 85.9 cm³/mol. The Labute approximate surface area is 137 Å². The highest BCUT2D eigenvalue weighted by molar-refractivity contribution is 7.89. The lowest BCUT2D eigenvalue weighted by atomic mass is 10.2. The van der Waals surface area contributed by atoms with E-state index in [1.54, 1.807) is 25.1 Å². The number of aromatic nitrogens is 1. The third kappa shape index (κ3) is 3.26. The molecule has 1 N–H and O–H groups in total. The van der Waals surface area contributed by atoms with Gasteiger partial charge in [0.25, 0.3) is 5.69 Å². The summed E-state index contributed by atoms with van der Waals surface area (Å²) in [6.45, 7) is 1.76. The molecule has 1 aromatic heterocycles. The summed E-state index contributed by atoms with van der Waals surface area (Å²) < 4.78 is 32.4. The van der Waals surface area contributed by atoms with E-state index >= 15 is 0 Å². The molecule has 8 nitrogen and oxygen atoms in total. The Hall–Kier alpha value is -2.78. The normalized spacial score (nSPS) is 11.7. The number of nitrogens with one attached hydrogen (secondary N) is 1. The molecule has 3 aromatic rings. The summed E-state index contributed by atoms with van der Waals surface area (Å²) in [6, 6.07) is 10.1. The molecule has 3 rings (SSSR count). The Morgan fingerprint density at radius 2 is 2.04 bits per heavy atom. The van der Waals surface area contributed by atoms with Crippen LogP contribution in [0.2, 0.25) is 0 Å². The van der Waals surface area contributed by atoms with Crippen molar-refractivity contribution in [3.63, 3.8) is 0 Å². The predicted octanol–water partition coefficient (Wildman–Crippen LogP) is 2.52. The lowest BCUT2D eigenvalue weighted by Gasteiger charge is -2.06. The number of hydrogen-bond acceptors (Lipinski definition) is 6. The maximum absolute atomic E-state index is 12.3. The van der Waals surface area contributed by atoms with Crippen LogP contribution < -0.4 is 4.72 Å². The van der Waals surface area contributed by atoms with Crippen LogP contribution in [0.5, 0.6) is 0 Å². The molecule has 0 radical (unpaired) electrons. The maximum atomic E-state index is 12.3. The first kappa shape index (κ1) is 16.1. The van der Waals surface area contributed by atoms with Gasteiger partial charge in [-0.2, -0.15) is 0 Å². The quantitative estimate of drug-likeness (QED) is 0.560. The molecule has 0 fully saturated rings. The van der Waals surface area contributed by atoms with E-state index in [2.05, 4.69) is 9.71 Å². The summed E-state index contributed by atoms with van der Waals surface area (Å²) in [5.74, 6) is 0.527. The van der Waals surface area contributed by atoms with Gasteiger partial charge in [-0.05, 0) is 23.8 Å². The third-order valence-corrected chi connectivity index (χ3v) is 4.76. The van der Waals surface area contributed by atoms with Crippen molar-refractivity contribution < 1.29 is 17.8 Å². The fraction of sp³-hybridized carbons (Fsp3) is 0.133. The van der Waals surface area contributed by atoms with Gasteiger partial charge in [-0.1, -0.05) is 12.1 Å². The molecular formula is C15H13N3O5S. The van der Waals surface area contributed by atoms with Gasteiger partial charge >= 0.3 is 0 Å². The number of rotatable bonds is 5. The number of non-ortho nitro benzene ring substituents is 1. The van der Waals surface area contributed by atoms with Crippen molar-refractivity contribution in [2.45, 2.75) is 18.4 Å². The van der Waals surface area contributed by atoms with Crippen LogP contribution in [-0.4, -0.2) is 18.3 Å². The highest BCUT2D eigenvalue weighted by atomic mass is 32.2. The van der Waals surface area contributed by atoms with E-state index < -0.39 is 14.9 Å². The Balaban J connectivity index is 1.81. The first-order valence-corrected chi connectivity index (χ1v) is 8.44. The van der Waals surface area contributed by atoms with Crippen molar-refractivity contribution in [1.29, 1.82) is 0 Å². The average molecular weight is 347 g/mol. The topological polar surface area (TPSA) is 115 Å². The van der Waals surface area contributed by atoms with Gasteiger partial charge < -0.3 is 4.42 Å². The maximum Gasteiger partial charge on any atom is 0.270 e. The number of benzene rings is 2. The SMILES string of the molecule is Cc1nc2ccc(CNS(=O)(=O)c3cccc([N+](=O)[O-])c3)cc2o1. The lowest BCUT2D eigenvalue weighted by Crippen LogP contribution is -2.23. The van der Waals surface area contributed by atoms with E-state index in [0.29, 0.717) is 22.6 Å². The van der Waals surface area contributed by atoms with Crippen LogP contribution in [0, 0.1) is 17.0 Å². The number of sulfonamides is 1. The number of fused-ring (bicyclic) bond motifs is 1. The molecule has 0 aliphatic rings. The number of oxazole rings is 1. The van der Waals surface area contributed by atoms with Gasteiger partial charge in [-0.3, -0.25) is 10.1 Å². The van der Waals surface area contributed by atoms with Crippen LogP contribution in [0.1, 0.15) is 11.5 Å². The summed E-state index contributed by atoms with van der Waals surface area (Å²) in [5.41, 5.74) is 1.67. The van der Waals surface area contributed by atoms with Crippen LogP contribution in [-0.2, 0) is 16.6 Å². The fourth-order valence-electron chi connectivity index (χ4n) is 2.22. The standard InChI is InChI=1S/C15H13N3O5S/c1-10-17-14-6-5-11(7-15(14)23-10)9-16-24(21,22)13-4-2-3-12(8-13)18(19)20/h2-8,16H,9H2,1H3. The second kappa shape index (κ2) is 6.02. The highest BCUT2D eigenvalue weighted by Crippen LogP contribution is 2.19. The van der Waals surface area contributed by atoms with Crippen LogP contribution in [0.4, 0.5) is 5.69 Å². The molecule has 2 aromatic carbocycles. The molecule has 0 unspecified atom stereocenters. The zero-order chi connectivity index (χ0) is 17.3. The summed E-state index contributed by atoms with van der Waals surface area (Å²) in [4.78, 5) is 14.1. The van der Waals surface area contributed by atoms with E-state index in [-0.39, 0.29) is 17.1 Å². The minimum atomic E-state index is -3.86. The van der Waals surface area contributed by atoms with Gasteiger partial charge in [0.15, 0.2) is 11.5 Å². The molecule has 0 aliphatic heterocycles. The van der Waals surface area contributed by atoms with Gasteiger partial charge in [0.05, 0.1) is 9.82 Å². The van der Waals surface area contributed by atoms with E-state index in [1.807, 2.05) is 0 Å². The van der Waals surface area contributed by atoms with Crippen molar-refractivity contribution in [2.75, 3.05) is 0 Å². The Bertz CT molecular complexity index is 1030. The number of hydrogen-bond donors (Lipinski definition) is 1. The number of aryl methyl sites for hydroxylation is 1. The van der Waals surface area contributed by atoms with Crippen LogP contribution >= 0.6 is 0 Å². The average Bonchev–Trinajstić information content (AvgIpc) is 2.92. The number of nitrogens with zero attached hydrogens (tertiary/aromatic N) is 2. The van der Waals surface area contributed by atoms with E-state index in [1.165, 1.54) is 18.2 Å². The van der Waals surface area contributed by atoms with Crippen LogP contribution in [0.15, 0.2) is 51.8 Å². The second-order valence-electron chi connectivity index (χ2n) is 5.11. The van der Waals surface area contributed by atoms with Crippen molar-refractivity contribution in [1.82, 2.24) is 9.71 Å². The van der Waals surface area contributed by atoms with Gasteiger partial charge in [0.1, 0.15) is 5.52 Å². The van der Waals surface area contributed by atoms with Gasteiger partial charge in [-0.25, -0.2) is 18.1 Å². The van der Waals surface area contributed by atoms with Gasteiger partial charge in [-0.15, -0.1) is 0 Å². The first-order valence-electron chi connectivity index (χ1n) is 6.95. The zero-order valence-electron chi connectivity index (χ0n) is 12.6. The van der Waals surface area contributed by atoms with E-state index in [9.17, 15) is 18.5 Å². The van der Waals surface area contributed by atoms with Crippen molar-refractivity contribution in [3.8, 4) is 0 Å². The Morgan fingerprint density at radius 3 is 2.79 bits per heavy atom. The molecule has 9 heteroatoms. The molecule has 0 atom stereocenters. The minimum absolute atomic E-state index is 0.0285. The van der Waals surface area contributed by atoms with E-state index in [0.717, 1.165) is 6.07 Å². The molecule has 0 spiro atoms. The fourth-order valence-corrected chi connectivity index (χ4v) is 3.28. The third-order valence-electron chi connectivity index (χ3n) is 3.36. The Morgan fingerprint density at radius 1 is 1.25 bits per heavy atom. The molecule has 0 saturated heterocycles. The van der Waals surface area contributed by atoms with Crippen LogP contribution in [0.3, 0.4) is 0 Å². The summed E-state index contributed by atoms with van der Waals surface area (Å²) in [5, 5.41) is 10.8. The molecule has 0 amide bonds. The summed E-state index contributed by atoms with van der Waals surface area (Å²) in [7, 11) is -3.86. The zero-order valence-corrected chi connectivity index (χ0v) is 13.4. The van der Waals surface area contributed by atoms with Crippen molar-refractivity contribution in [3.05, 3.63) is 64.0 Å². The molecule has 0 bridgehead atoms.